The Balaban J connectivity index is 2.28. The van der Waals surface area contributed by atoms with E-state index in [1.165, 1.54) is 0 Å². The van der Waals surface area contributed by atoms with E-state index < -0.39 is 0 Å². The summed E-state index contributed by atoms with van der Waals surface area (Å²) in [4.78, 5) is 12.1. The number of nitrogen functional groups attached to an aromatic ring is 2. The van der Waals surface area contributed by atoms with E-state index >= 15 is 0 Å². The molecule has 0 heterocycles. The maximum absolute atomic E-state index is 12.1. The van der Waals surface area contributed by atoms with Crippen LogP contribution in [0.2, 0.25) is 5.02 Å². The molecule has 0 aliphatic carbocycles. The van der Waals surface area contributed by atoms with Crippen molar-refractivity contribution in [2.45, 2.75) is 0 Å². The Labute approximate surface area is 123 Å². The number of halogens is 2. The Morgan fingerprint density at radius 2 is 1.74 bits per heavy atom. The monoisotopic (exact) mass is 339 g/mol. The third kappa shape index (κ3) is 3.39. The van der Waals surface area contributed by atoms with Gasteiger partial charge in [-0.15, -0.1) is 0 Å². The van der Waals surface area contributed by atoms with Gasteiger partial charge in [0.15, 0.2) is 0 Å². The van der Waals surface area contributed by atoms with Crippen molar-refractivity contribution in [3.8, 4) is 0 Å². The fourth-order valence-corrected chi connectivity index (χ4v) is 2.12. The van der Waals surface area contributed by atoms with Crippen molar-refractivity contribution in [3.63, 3.8) is 0 Å². The van der Waals surface area contributed by atoms with Crippen LogP contribution in [0.3, 0.4) is 0 Å². The molecule has 1 amide bonds. The molecule has 0 bridgehead atoms. The summed E-state index contributed by atoms with van der Waals surface area (Å²) in [6.07, 6.45) is 0. The van der Waals surface area contributed by atoms with Crippen LogP contribution in [-0.4, -0.2) is 5.91 Å². The van der Waals surface area contributed by atoms with Gasteiger partial charge in [-0.2, -0.15) is 0 Å². The van der Waals surface area contributed by atoms with E-state index in [-0.39, 0.29) is 5.91 Å². The predicted octanol–water partition coefficient (Wildman–Crippen LogP) is 3.52. The lowest BCUT2D eigenvalue weighted by Gasteiger charge is -2.09. The molecule has 19 heavy (non-hydrogen) atoms. The minimum atomic E-state index is -0.320. The van der Waals surface area contributed by atoms with Crippen molar-refractivity contribution < 1.29 is 4.79 Å². The van der Waals surface area contributed by atoms with E-state index in [1.54, 1.807) is 36.4 Å². The zero-order chi connectivity index (χ0) is 14.0. The molecule has 98 valence electrons. The van der Waals surface area contributed by atoms with Crippen molar-refractivity contribution in [2.24, 2.45) is 0 Å². The fraction of sp³-hybridized carbons (Fsp3) is 0. The molecule has 0 aliphatic rings. The molecular formula is C13H11BrClN3O. The van der Waals surface area contributed by atoms with Gasteiger partial charge in [0, 0.05) is 21.4 Å². The van der Waals surface area contributed by atoms with Gasteiger partial charge in [0.2, 0.25) is 0 Å². The molecule has 0 radical (unpaired) electrons. The Bertz CT molecular complexity index is 626. The minimum Gasteiger partial charge on any atom is -0.399 e. The molecule has 0 saturated carbocycles. The summed E-state index contributed by atoms with van der Waals surface area (Å²) in [5.74, 6) is -0.320. The van der Waals surface area contributed by atoms with Gasteiger partial charge in [0.25, 0.3) is 5.91 Å². The van der Waals surface area contributed by atoms with Crippen molar-refractivity contribution in [2.75, 3.05) is 16.8 Å². The molecule has 0 saturated heterocycles. The maximum atomic E-state index is 12.1. The molecule has 2 aromatic carbocycles. The maximum Gasteiger partial charge on any atom is 0.255 e. The highest BCUT2D eigenvalue weighted by molar-refractivity contribution is 9.10. The summed E-state index contributed by atoms with van der Waals surface area (Å²) in [6.45, 7) is 0. The summed E-state index contributed by atoms with van der Waals surface area (Å²) in [5.41, 5.74) is 13.1. The van der Waals surface area contributed by atoms with Gasteiger partial charge in [0.1, 0.15) is 0 Å². The molecule has 5 N–H and O–H groups in total. The number of hydrogen-bond donors (Lipinski definition) is 3. The highest BCUT2D eigenvalue weighted by Gasteiger charge is 2.10. The van der Waals surface area contributed by atoms with E-state index in [9.17, 15) is 4.79 Å². The van der Waals surface area contributed by atoms with E-state index in [4.69, 9.17) is 23.1 Å². The van der Waals surface area contributed by atoms with Gasteiger partial charge >= 0.3 is 0 Å². The third-order valence-electron chi connectivity index (χ3n) is 2.42. The van der Waals surface area contributed by atoms with E-state index in [1.807, 2.05) is 0 Å². The first-order chi connectivity index (χ1) is 8.95. The largest absolute Gasteiger partial charge is 0.399 e. The number of amides is 1. The fourth-order valence-electron chi connectivity index (χ4n) is 1.60. The number of anilines is 3. The average Bonchev–Trinajstić information content (AvgIpc) is 2.32. The van der Waals surface area contributed by atoms with Gasteiger partial charge in [-0.3, -0.25) is 4.79 Å². The second-order valence-electron chi connectivity index (χ2n) is 3.97. The van der Waals surface area contributed by atoms with Crippen LogP contribution in [-0.2, 0) is 0 Å². The van der Waals surface area contributed by atoms with Crippen molar-refractivity contribution in [1.29, 1.82) is 0 Å². The van der Waals surface area contributed by atoms with Gasteiger partial charge < -0.3 is 16.8 Å². The number of nitrogens with two attached hydrogens (primary N) is 2. The Kier molecular flexibility index (Phi) is 3.97. The van der Waals surface area contributed by atoms with Crippen LogP contribution in [0.15, 0.2) is 40.9 Å². The Morgan fingerprint density at radius 3 is 2.37 bits per heavy atom. The highest BCUT2D eigenvalue weighted by Crippen LogP contribution is 2.26. The summed E-state index contributed by atoms with van der Waals surface area (Å²) in [6, 6.07) is 9.89. The first-order valence-corrected chi connectivity index (χ1v) is 6.55. The summed E-state index contributed by atoms with van der Waals surface area (Å²) in [7, 11) is 0. The minimum absolute atomic E-state index is 0.320. The molecule has 0 spiro atoms. The lowest BCUT2D eigenvalue weighted by atomic mass is 10.1. The Morgan fingerprint density at radius 1 is 1.11 bits per heavy atom. The summed E-state index contributed by atoms with van der Waals surface area (Å²) in [5, 5.41) is 3.16. The van der Waals surface area contributed by atoms with Crippen LogP contribution in [0.25, 0.3) is 0 Å². The molecule has 0 fully saturated rings. The van der Waals surface area contributed by atoms with Crippen LogP contribution in [0, 0.1) is 0 Å². The second kappa shape index (κ2) is 5.50. The number of carbonyl (C=O) groups is 1. The number of benzene rings is 2. The van der Waals surface area contributed by atoms with Crippen molar-refractivity contribution >= 4 is 50.5 Å². The molecule has 0 aliphatic heterocycles. The topological polar surface area (TPSA) is 81.1 Å². The van der Waals surface area contributed by atoms with Gasteiger partial charge in [0.05, 0.1) is 10.7 Å². The normalized spacial score (nSPS) is 10.2. The predicted molar refractivity (Wildman–Crippen MR) is 82.4 cm³/mol. The molecule has 6 heteroatoms. The van der Waals surface area contributed by atoms with Gasteiger partial charge in [-0.25, -0.2) is 0 Å². The molecule has 0 atom stereocenters. The quantitative estimate of drug-likeness (QED) is 0.732. The second-order valence-corrected chi connectivity index (χ2v) is 5.29. The standard InChI is InChI=1S/C13H11BrClN3O/c14-8-1-2-11(15)12(5-8)18-13(19)7-3-9(16)6-10(17)4-7/h1-6H,16-17H2,(H,18,19). The molecule has 0 aromatic heterocycles. The van der Waals surface area contributed by atoms with Gasteiger partial charge in [-0.1, -0.05) is 27.5 Å². The number of carbonyl (C=O) groups excluding carboxylic acids is 1. The smallest absolute Gasteiger partial charge is 0.255 e. The van der Waals surface area contributed by atoms with Crippen LogP contribution in [0.5, 0.6) is 0 Å². The lowest BCUT2D eigenvalue weighted by molar-refractivity contribution is 0.102. The zero-order valence-corrected chi connectivity index (χ0v) is 12.1. The molecule has 0 unspecified atom stereocenters. The number of rotatable bonds is 2. The van der Waals surface area contributed by atoms with Crippen LogP contribution < -0.4 is 16.8 Å². The van der Waals surface area contributed by atoms with E-state index in [0.29, 0.717) is 27.6 Å². The number of hydrogen-bond acceptors (Lipinski definition) is 3. The van der Waals surface area contributed by atoms with Gasteiger partial charge in [-0.05, 0) is 36.4 Å². The highest BCUT2D eigenvalue weighted by atomic mass is 79.9. The van der Waals surface area contributed by atoms with Crippen molar-refractivity contribution in [1.82, 2.24) is 0 Å². The summed E-state index contributed by atoms with van der Waals surface area (Å²) < 4.78 is 0.819. The SMILES string of the molecule is Nc1cc(N)cc(C(=O)Nc2cc(Br)ccc2Cl)c1. The molecule has 2 rings (SSSR count). The van der Waals surface area contributed by atoms with E-state index in [0.717, 1.165) is 4.47 Å². The van der Waals surface area contributed by atoms with Crippen molar-refractivity contribution in [3.05, 3.63) is 51.5 Å². The summed E-state index contributed by atoms with van der Waals surface area (Å²) >= 11 is 9.32. The van der Waals surface area contributed by atoms with Crippen LogP contribution in [0.4, 0.5) is 17.1 Å². The van der Waals surface area contributed by atoms with Crippen LogP contribution in [0.1, 0.15) is 10.4 Å². The lowest BCUT2D eigenvalue weighted by Crippen LogP contribution is -2.13. The zero-order valence-electron chi connectivity index (χ0n) is 9.78. The third-order valence-corrected chi connectivity index (χ3v) is 3.24. The molecule has 2 aromatic rings. The average molecular weight is 341 g/mol. The first-order valence-electron chi connectivity index (χ1n) is 5.38. The van der Waals surface area contributed by atoms with Crippen LogP contribution >= 0.6 is 27.5 Å². The first kappa shape index (κ1) is 13.7. The van der Waals surface area contributed by atoms with E-state index in [2.05, 4.69) is 21.2 Å². The number of nitrogens with one attached hydrogen (secondary N) is 1. The molecule has 4 nitrogen and oxygen atoms in total. The Hall–Kier alpha value is -1.72. The molecular weight excluding hydrogens is 330 g/mol.